The van der Waals surface area contributed by atoms with E-state index in [1.54, 1.807) is 0 Å². The highest BCUT2D eigenvalue weighted by Gasteiger charge is 2.49. The predicted molar refractivity (Wildman–Crippen MR) is 253 cm³/mol. The van der Waals surface area contributed by atoms with Crippen LogP contribution in [0.15, 0.2) is 223 Å². The fourth-order valence-electron chi connectivity index (χ4n) is 10.5. The van der Waals surface area contributed by atoms with Gasteiger partial charge in [-0.2, -0.15) is 0 Å². The molecule has 1 spiro atoms. The first kappa shape index (κ1) is 34.7. The average Bonchev–Trinajstić information content (AvgIpc) is 3.84. The molecule has 0 atom stereocenters. The van der Waals surface area contributed by atoms with Crippen molar-refractivity contribution in [3.8, 4) is 78.4 Å². The van der Waals surface area contributed by atoms with E-state index in [4.69, 9.17) is 14.4 Å². The molecule has 2 aliphatic rings. The minimum absolute atomic E-state index is 0.545. The monoisotopic (exact) mass is 788 g/mol. The fraction of sp³-hybridized carbons (Fsp3) is 0.0169. The zero-order chi connectivity index (χ0) is 40.8. The zero-order valence-corrected chi connectivity index (χ0v) is 33.6. The highest BCUT2D eigenvalue weighted by molar-refractivity contribution is 6.12. The molecule has 0 bridgehead atoms. The number of aromatic nitrogens is 2. The first-order valence-corrected chi connectivity index (χ1v) is 21.2. The number of fused-ring (bicyclic) bond motifs is 15. The predicted octanol–water partition coefficient (Wildman–Crippen LogP) is 15.1. The number of furan rings is 1. The van der Waals surface area contributed by atoms with Gasteiger partial charge in [-0.15, -0.1) is 0 Å². The first-order valence-electron chi connectivity index (χ1n) is 21.2. The van der Waals surface area contributed by atoms with Crippen molar-refractivity contribution < 1.29 is 4.42 Å². The van der Waals surface area contributed by atoms with E-state index in [0.29, 0.717) is 5.82 Å². The van der Waals surface area contributed by atoms with Crippen molar-refractivity contribution in [3.63, 3.8) is 0 Å². The largest absolute Gasteiger partial charge is 0.456 e. The summed E-state index contributed by atoms with van der Waals surface area (Å²) >= 11 is 0. The molecule has 9 aromatic carbocycles. The molecule has 0 radical (unpaired) electrons. The smallest absolute Gasteiger partial charge is 0.161 e. The van der Waals surface area contributed by atoms with Gasteiger partial charge in [0.2, 0.25) is 0 Å². The van der Waals surface area contributed by atoms with Crippen molar-refractivity contribution in [2.45, 2.75) is 5.41 Å². The highest BCUT2D eigenvalue weighted by atomic mass is 16.3. The van der Waals surface area contributed by atoms with Gasteiger partial charge in [-0.25, -0.2) is 9.97 Å². The molecule has 0 saturated carbocycles. The van der Waals surface area contributed by atoms with Crippen LogP contribution in [0, 0.1) is 0 Å². The van der Waals surface area contributed by atoms with Gasteiger partial charge in [0.1, 0.15) is 11.2 Å². The van der Waals surface area contributed by atoms with Gasteiger partial charge in [0.25, 0.3) is 0 Å². The zero-order valence-electron chi connectivity index (χ0n) is 33.6. The van der Waals surface area contributed by atoms with Gasteiger partial charge in [-0.3, -0.25) is 0 Å². The summed E-state index contributed by atoms with van der Waals surface area (Å²) in [6.45, 7) is 0. The lowest BCUT2D eigenvalue weighted by Gasteiger charge is -2.35. The third kappa shape index (κ3) is 5.00. The fourth-order valence-corrected chi connectivity index (χ4v) is 10.5. The van der Waals surface area contributed by atoms with E-state index in [2.05, 4.69) is 194 Å². The average molecular weight is 789 g/mol. The minimum atomic E-state index is -0.545. The van der Waals surface area contributed by atoms with Crippen molar-refractivity contribution in [2.24, 2.45) is 0 Å². The lowest BCUT2D eigenvalue weighted by molar-refractivity contribution is 0.669. The maximum absolute atomic E-state index is 6.36. The molecule has 2 aliphatic carbocycles. The standard InChI is InChI=1S/C59H36N2O/c1-2-15-37(16-3-1)38-29-31-39(32-30-38)53-36-54(61-58(60-53)47-23-14-28-56-57(47)46-22-9-13-27-55(46)62-56)40-33-34-52-48(35-40)45-21-8-12-26-51(45)59(52)49-24-10-6-19-43(49)41-17-4-5-18-42(41)44-20-7-11-25-50(44)59/h1-36H. The van der Waals surface area contributed by atoms with Gasteiger partial charge < -0.3 is 4.42 Å². The third-order valence-electron chi connectivity index (χ3n) is 13.2. The molecule has 0 N–H and O–H groups in total. The summed E-state index contributed by atoms with van der Waals surface area (Å²) < 4.78 is 6.36. The van der Waals surface area contributed by atoms with Crippen molar-refractivity contribution in [2.75, 3.05) is 0 Å². The maximum Gasteiger partial charge on any atom is 0.161 e. The normalized spacial score (nSPS) is 13.0. The van der Waals surface area contributed by atoms with Gasteiger partial charge in [0.15, 0.2) is 5.82 Å². The second kappa shape index (κ2) is 13.4. The molecule has 3 heteroatoms. The van der Waals surface area contributed by atoms with Crippen molar-refractivity contribution in [1.29, 1.82) is 0 Å². The summed E-state index contributed by atoms with van der Waals surface area (Å²) in [5.74, 6) is 0.656. The molecule has 0 saturated heterocycles. The van der Waals surface area contributed by atoms with Crippen LogP contribution in [-0.4, -0.2) is 9.97 Å². The number of rotatable bonds is 4. The number of hydrogen-bond donors (Lipinski definition) is 0. The Kier molecular flexibility index (Phi) is 7.52. The quantitative estimate of drug-likeness (QED) is 0.178. The number of para-hydroxylation sites is 1. The maximum atomic E-state index is 6.36. The van der Waals surface area contributed by atoms with Crippen LogP contribution in [0.5, 0.6) is 0 Å². The Morgan fingerprint density at radius 3 is 1.45 bits per heavy atom. The van der Waals surface area contributed by atoms with Crippen molar-refractivity contribution in [3.05, 3.63) is 241 Å². The van der Waals surface area contributed by atoms with E-state index in [1.807, 2.05) is 24.3 Å². The Morgan fingerprint density at radius 2 is 0.774 bits per heavy atom. The van der Waals surface area contributed by atoms with Gasteiger partial charge >= 0.3 is 0 Å². The second-order valence-electron chi connectivity index (χ2n) is 16.4. The molecular formula is C59H36N2O. The number of benzene rings is 9. The SMILES string of the molecule is c1ccc(-c2ccc(-c3cc(-c4ccc5c(c4)-c4ccccc4C54c5ccccc5-c5ccccc5-c5ccccc54)nc(-c4cccc5oc6ccccc6c45)n3)cc2)cc1. The molecule has 2 heterocycles. The molecule has 0 fully saturated rings. The van der Waals surface area contributed by atoms with Crippen LogP contribution in [0.1, 0.15) is 22.3 Å². The summed E-state index contributed by atoms with van der Waals surface area (Å²) in [4.78, 5) is 10.8. The third-order valence-corrected chi connectivity index (χ3v) is 13.2. The number of hydrogen-bond acceptors (Lipinski definition) is 3. The molecule has 62 heavy (non-hydrogen) atoms. The highest BCUT2D eigenvalue weighted by Crippen LogP contribution is 2.61. The molecule has 288 valence electrons. The minimum Gasteiger partial charge on any atom is -0.456 e. The Hall–Kier alpha value is -8.14. The van der Waals surface area contributed by atoms with E-state index in [1.165, 1.54) is 61.2 Å². The van der Waals surface area contributed by atoms with Crippen LogP contribution in [0.4, 0.5) is 0 Å². The summed E-state index contributed by atoms with van der Waals surface area (Å²) in [5.41, 5.74) is 20.8. The second-order valence-corrected chi connectivity index (χ2v) is 16.4. The lowest BCUT2D eigenvalue weighted by Crippen LogP contribution is -2.29. The molecule has 13 rings (SSSR count). The van der Waals surface area contributed by atoms with Gasteiger partial charge in [0.05, 0.1) is 16.8 Å². The lowest BCUT2D eigenvalue weighted by atomic mass is 9.66. The number of nitrogens with zero attached hydrogens (tertiary/aromatic N) is 2. The molecule has 0 aliphatic heterocycles. The van der Waals surface area contributed by atoms with E-state index >= 15 is 0 Å². The first-order chi connectivity index (χ1) is 30.7. The van der Waals surface area contributed by atoms with Crippen molar-refractivity contribution in [1.82, 2.24) is 9.97 Å². The summed E-state index contributed by atoms with van der Waals surface area (Å²) in [7, 11) is 0. The Morgan fingerprint density at radius 1 is 0.306 bits per heavy atom. The van der Waals surface area contributed by atoms with E-state index in [0.717, 1.165) is 55.6 Å². The molecular weight excluding hydrogens is 753 g/mol. The summed E-state index contributed by atoms with van der Waals surface area (Å²) in [5, 5.41) is 2.06. The van der Waals surface area contributed by atoms with Crippen LogP contribution < -0.4 is 0 Å². The van der Waals surface area contributed by atoms with Gasteiger partial charge in [-0.1, -0.05) is 194 Å². The van der Waals surface area contributed by atoms with Gasteiger partial charge in [-0.05, 0) is 91.0 Å². The van der Waals surface area contributed by atoms with E-state index in [-0.39, 0.29) is 0 Å². The Labute approximate surface area is 359 Å². The van der Waals surface area contributed by atoms with E-state index in [9.17, 15) is 0 Å². The Balaban J connectivity index is 1.05. The summed E-state index contributed by atoms with van der Waals surface area (Å²) in [6.07, 6.45) is 0. The van der Waals surface area contributed by atoms with Crippen molar-refractivity contribution >= 4 is 21.9 Å². The molecule has 11 aromatic rings. The van der Waals surface area contributed by atoms with Crippen LogP contribution >= 0.6 is 0 Å². The van der Waals surface area contributed by atoms with Gasteiger partial charge in [0, 0.05) is 27.5 Å². The van der Waals surface area contributed by atoms with E-state index < -0.39 is 5.41 Å². The molecule has 0 amide bonds. The van der Waals surface area contributed by atoms with Crippen LogP contribution in [-0.2, 0) is 5.41 Å². The summed E-state index contributed by atoms with van der Waals surface area (Å²) in [6, 6.07) is 78.7. The molecule has 3 nitrogen and oxygen atoms in total. The van der Waals surface area contributed by atoms with Crippen LogP contribution in [0.25, 0.3) is 100 Å². The van der Waals surface area contributed by atoms with Crippen LogP contribution in [0.2, 0.25) is 0 Å². The molecule has 2 aromatic heterocycles. The Bertz CT molecular complexity index is 3510. The topological polar surface area (TPSA) is 38.9 Å². The molecule has 0 unspecified atom stereocenters. The van der Waals surface area contributed by atoms with Crippen LogP contribution in [0.3, 0.4) is 0 Å².